The van der Waals surface area contributed by atoms with Crippen molar-refractivity contribution in [2.75, 3.05) is 13.2 Å². The number of nitrogens with one attached hydrogen (secondary N) is 1. The van der Waals surface area contributed by atoms with Crippen LogP contribution in [0, 0.1) is 0 Å². The third-order valence-electron chi connectivity index (χ3n) is 3.48. The van der Waals surface area contributed by atoms with E-state index >= 15 is 0 Å². The number of aromatic nitrogens is 1. The molecule has 20 heavy (non-hydrogen) atoms. The highest BCUT2D eigenvalue weighted by Gasteiger charge is 2.18. The standard InChI is InChI=1S/C15H15ClN2O2/c16-14-12-4-2-1-3-10(12)9-13(18-14)15(19)17-11-5-7-20-8-6-11/h1-4,9,11H,5-8H2,(H,17,19). The van der Waals surface area contributed by atoms with Gasteiger partial charge in [-0.2, -0.15) is 0 Å². The summed E-state index contributed by atoms with van der Waals surface area (Å²) in [4.78, 5) is 16.4. The van der Waals surface area contributed by atoms with Crippen LogP contribution in [0.25, 0.3) is 10.8 Å². The molecule has 1 aliphatic heterocycles. The molecule has 1 aromatic heterocycles. The molecule has 0 bridgehead atoms. The minimum atomic E-state index is -0.176. The fourth-order valence-electron chi connectivity index (χ4n) is 2.37. The van der Waals surface area contributed by atoms with E-state index in [4.69, 9.17) is 16.3 Å². The first-order chi connectivity index (χ1) is 9.74. The highest BCUT2D eigenvalue weighted by molar-refractivity contribution is 6.34. The molecule has 0 spiro atoms. The van der Waals surface area contributed by atoms with Crippen molar-refractivity contribution in [1.82, 2.24) is 10.3 Å². The number of hydrogen-bond acceptors (Lipinski definition) is 3. The molecule has 0 radical (unpaired) electrons. The van der Waals surface area contributed by atoms with Gasteiger partial charge in [0.15, 0.2) is 0 Å². The fourth-order valence-corrected chi connectivity index (χ4v) is 2.64. The third kappa shape index (κ3) is 2.76. The molecule has 3 rings (SSSR count). The van der Waals surface area contributed by atoms with E-state index in [0.29, 0.717) is 24.1 Å². The molecule has 1 amide bonds. The van der Waals surface area contributed by atoms with Crippen LogP contribution in [0.15, 0.2) is 30.3 Å². The molecule has 0 unspecified atom stereocenters. The number of ether oxygens (including phenoxy) is 1. The van der Waals surface area contributed by atoms with Crippen molar-refractivity contribution in [3.8, 4) is 0 Å². The highest BCUT2D eigenvalue weighted by Crippen LogP contribution is 2.22. The number of carbonyl (C=O) groups excluding carboxylic acids is 1. The Morgan fingerprint density at radius 1 is 1.30 bits per heavy atom. The van der Waals surface area contributed by atoms with Crippen LogP contribution in [0.4, 0.5) is 0 Å². The lowest BCUT2D eigenvalue weighted by atomic mass is 10.1. The minimum Gasteiger partial charge on any atom is -0.381 e. The Morgan fingerprint density at radius 3 is 2.85 bits per heavy atom. The number of benzene rings is 1. The number of pyridine rings is 1. The smallest absolute Gasteiger partial charge is 0.270 e. The molecule has 5 heteroatoms. The summed E-state index contributed by atoms with van der Waals surface area (Å²) in [5, 5.41) is 5.13. The average molecular weight is 291 g/mol. The van der Waals surface area contributed by atoms with Gasteiger partial charge in [-0.1, -0.05) is 35.9 Å². The molecule has 2 heterocycles. The van der Waals surface area contributed by atoms with E-state index in [1.807, 2.05) is 24.3 Å². The second-order valence-electron chi connectivity index (χ2n) is 4.88. The first-order valence-electron chi connectivity index (χ1n) is 6.68. The Balaban J connectivity index is 1.84. The Bertz CT molecular complexity index is 639. The molecule has 1 fully saturated rings. The van der Waals surface area contributed by atoms with E-state index in [1.54, 1.807) is 6.07 Å². The molecule has 0 atom stereocenters. The number of amides is 1. The van der Waals surface area contributed by atoms with Crippen molar-refractivity contribution in [2.45, 2.75) is 18.9 Å². The van der Waals surface area contributed by atoms with Gasteiger partial charge in [-0.3, -0.25) is 4.79 Å². The number of fused-ring (bicyclic) bond motifs is 1. The Hall–Kier alpha value is -1.65. The normalized spacial score (nSPS) is 16.2. The van der Waals surface area contributed by atoms with Crippen molar-refractivity contribution < 1.29 is 9.53 Å². The Morgan fingerprint density at radius 2 is 2.05 bits per heavy atom. The van der Waals surface area contributed by atoms with Gasteiger partial charge in [-0.25, -0.2) is 4.98 Å². The maximum Gasteiger partial charge on any atom is 0.270 e. The lowest BCUT2D eigenvalue weighted by Gasteiger charge is -2.22. The van der Waals surface area contributed by atoms with Gasteiger partial charge in [-0.15, -0.1) is 0 Å². The van der Waals surface area contributed by atoms with E-state index in [1.165, 1.54) is 0 Å². The Kier molecular flexibility index (Phi) is 3.85. The molecule has 104 valence electrons. The van der Waals surface area contributed by atoms with Crippen LogP contribution >= 0.6 is 11.6 Å². The second kappa shape index (κ2) is 5.77. The van der Waals surface area contributed by atoms with Gasteiger partial charge in [0.25, 0.3) is 5.91 Å². The molecule has 1 saturated heterocycles. The fraction of sp³-hybridized carbons (Fsp3) is 0.333. The predicted octanol–water partition coefficient (Wildman–Crippen LogP) is 2.80. The van der Waals surface area contributed by atoms with Crippen LogP contribution in [0.1, 0.15) is 23.3 Å². The van der Waals surface area contributed by atoms with Crippen LogP contribution < -0.4 is 5.32 Å². The quantitative estimate of drug-likeness (QED) is 0.865. The summed E-state index contributed by atoms with van der Waals surface area (Å²) >= 11 is 6.14. The third-order valence-corrected chi connectivity index (χ3v) is 3.77. The monoisotopic (exact) mass is 290 g/mol. The lowest BCUT2D eigenvalue weighted by Crippen LogP contribution is -2.39. The Labute approximate surface area is 122 Å². The molecule has 2 aromatic rings. The van der Waals surface area contributed by atoms with E-state index in [2.05, 4.69) is 10.3 Å². The summed E-state index contributed by atoms with van der Waals surface area (Å²) in [6, 6.07) is 9.56. The zero-order valence-corrected chi connectivity index (χ0v) is 11.7. The zero-order valence-electron chi connectivity index (χ0n) is 10.9. The molecule has 1 aromatic carbocycles. The van der Waals surface area contributed by atoms with Gasteiger partial charge in [-0.05, 0) is 24.3 Å². The minimum absolute atomic E-state index is 0.156. The molecule has 1 aliphatic rings. The zero-order chi connectivity index (χ0) is 13.9. The van der Waals surface area contributed by atoms with Crippen LogP contribution in [-0.4, -0.2) is 30.1 Å². The first-order valence-corrected chi connectivity index (χ1v) is 7.06. The maximum atomic E-state index is 12.2. The number of halogens is 1. The lowest BCUT2D eigenvalue weighted by molar-refractivity contribution is 0.0694. The van der Waals surface area contributed by atoms with Crippen molar-refractivity contribution in [1.29, 1.82) is 0 Å². The number of hydrogen-bond donors (Lipinski definition) is 1. The van der Waals surface area contributed by atoms with Crippen LogP contribution in [0.2, 0.25) is 5.15 Å². The van der Waals surface area contributed by atoms with Crippen molar-refractivity contribution >= 4 is 28.3 Å². The number of nitrogens with zero attached hydrogens (tertiary/aromatic N) is 1. The van der Waals surface area contributed by atoms with Gasteiger partial charge in [0.2, 0.25) is 0 Å². The average Bonchev–Trinajstić information content (AvgIpc) is 2.48. The van der Waals surface area contributed by atoms with Gasteiger partial charge < -0.3 is 10.1 Å². The van der Waals surface area contributed by atoms with Gasteiger partial charge in [0.05, 0.1) is 0 Å². The molecule has 4 nitrogen and oxygen atoms in total. The topological polar surface area (TPSA) is 51.2 Å². The number of carbonyl (C=O) groups is 1. The summed E-state index contributed by atoms with van der Waals surface area (Å²) in [7, 11) is 0. The number of rotatable bonds is 2. The van der Waals surface area contributed by atoms with Crippen molar-refractivity contribution in [3.63, 3.8) is 0 Å². The first kappa shape index (κ1) is 13.3. The molecular formula is C15H15ClN2O2. The van der Waals surface area contributed by atoms with Crippen LogP contribution in [-0.2, 0) is 4.74 Å². The van der Waals surface area contributed by atoms with Crippen LogP contribution in [0.3, 0.4) is 0 Å². The largest absolute Gasteiger partial charge is 0.381 e. The highest BCUT2D eigenvalue weighted by atomic mass is 35.5. The van der Waals surface area contributed by atoms with E-state index < -0.39 is 0 Å². The molecule has 1 N–H and O–H groups in total. The summed E-state index contributed by atoms with van der Waals surface area (Å²) < 4.78 is 5.28. The van der Waals surface area contributed by atoms with E-state index in [0.717, 1.165) is 23.6 Å². The predicted molar refractivity (Wildman–Crippen MR) is 78.1 cm³/mol. The van der Waals surface area contributed by atoms with Gasteiger partial charge >= 0.3 is 0 Å². The molecule has 0 aliphatic carbocycles. The summed E-state index contributed by atoms with van der Waals surface area (Å²) in [5.41, 5.74) is 0.361. The van der Waals surface area contributed by atoms with E-state index in [-0.39, 0.29) is 11.9 Å². The van der Waals surface area contributed by atoms with Gasteiger partial charge in [0, 0.05) is 24.6 Å². The van der Waals surface area contributed by atoms with E-state index in [9.17, 15) is 4.79 Å². The van der Waals surface area contributed by atoms with Crippen molar-refractivity contribution in [3.05, 3.63) is 41.2 Å². The maximum absolute atomic E-state index is 12.2. The molecule has 0 saturated carbocycles. The van der Waals surface area contributed by atoms with Crippen LogP contribution in [0.5, 0.6) is 0 Å². The molecular weight excluding hydrogens is 276 g/mol. The summed E-state index contributed by atoms with van der Waals surface area (Å²) in [6.07, 6.45) is 1.68. The summed E-state index contributed by atoms with van der Waals surface area (Å²) in [5.74, 6) is -0.176. The summed E-state index contributed by atoms with van der Waals surface area (Å²) in [6.45, 7) is 1.38. The second-order valence-corrected chi connectivity index (χ2v) is 5.24. The SMILES string of the molecule is O=C(NC1CCOCC1)c1cc2ccccc2c(Cl)n1. The van der Waals surface area contributed by atoms with Crippen molar-refractivity contribution in [2.24, 2.45) is 0 Å². The van der Waals surface area contributed by atoms with Gasteiger partial charge in [0.1, 0.15) is 10.8 Å².